The molecule has 18 heavy (non-hydrogen) atoms. The Hall–Kier alpha value is -1.60. The maximum Gasteiger partial charge on any atom is 0.248 e. The molecule has 4 N–H and O–H groups in total. The van der Waals surface area contributed by atoms with Crippen LogP contribution in [0.3, 0.4) is 0 Å². The predicted molar refractivity (Wildman–Crippen MR) is 72.8 cm³/mol. The van der Waals surface area contributed by atoms with Gasteiger partial charge in [-0.05, 0) is 29.7 Å². The molecule has 2 rings (SSSR count). The van der Waals surface area contributed by atoms with Crippen LogP contribution in [0.25, 0.3) is 0 Å². The lowest BCUT2D eigenvalue weighted by Crippen LogP contribution is -2.11. The van der Waals surface area contributed by atoms with Gasteiger partial charge in [-0.2, -0.15) is 4.37 Å². The van der Waals surface area contributed by atoms with Crippen molar-refractivity contribution in [1.82, 2.24) is 9.36 Å². The minimum atomic E-state index is -0.484. The zero-order valence-corrected chi connectivity index (χ0v) is 11.3. The molecule has 0 bridgehead atoms. The number of aryl methyl sites for hydroxylation is 1. The van der Waals surface area contributed by atoms with Crippen LogP contribution in [0, 0.1) is 0 Å². The summed E-state index contributed by atoms with van der Waals surface area (Å²) in [6.07, 6.45) is 0.813. The largest absolute Gasteiger partial charge is 0.398 e. The fourth-order valence-electron chi connectivity index (χ4n) is 1.31. The summed E-state index contributed by atoms with van der Waals surface area (Å²) in [7, 11) is 0. The highest BCUT2D eigenvalue weighted by Crippen LogP contribution is 2.33. The highest BCUT2D eigenvalue weighted by atomic mass is 32.2. The van der Waals surface area contributed by atoms with Crippen molar-refractivity contribution in [1.29, 1.82) is 0 Å². The average molecular weight is 280 g/mol. The van der Waals surface area contributed by atoms with Crippen LogP contribution >= 0.6 is 23.3 Å². The lowest BCUT2D eigenvalue weighted by molar-refractivity contribution is 0.100. The van der Waals surface area contributed by atoms with E-state index < -0.39 is 5.91 Å². The van der Waals surface area contributed by atoms with Gasteiger partial charge in [0.25, 0.3) is 0 Å². The van der Waals surface area contributed by atoms with Crippen LogP contribution in [0.15, 0.2) is 27.4 Å². The molecule has 0 aliphatic rings. The van der Waals surface area contributed by atoms with Gasteiger partial charge in [-0.3, -0.25) is 4.79 Å². The van der Waals surface area contributed by atoms with Crippen LogP contribution < -0.4 is 11.5 Å². The minimum absolute atomic E-state index is 0.406. The van der Waals surface area contributed by atoms with Gasteiger partial charge in [0.05, 0.1) is 0 Å². The van der Waals surface area contributed by atoms with E-state index in [4.69, 9.17) is 11.5 Å². The second-order valence-electron chi connectivity index (χ2n) is 3.55. The summed E-state index contributed by atoms with van der Waals surface area (Å²) >= 11 is 2.78. The zero-order valence-electron chi connectivity index (χ0n) is 9.71. The Balaban J connectivity index is 2.21. The molecule has 0 aliphatic heterocycles. The summed E-state index contributed by atoms with van der Waals surface area (Å²) in [6.45, 7) is 2.01. The van der Waals surface area contributed by atoms with Gasteiger partial charge in [0.1, 0.15) is 5.82 Å². The summed E-state index contributed by atoms with van der Waals surface area (Å²) in [5.41, 5.74) is 12.0. The van der Waals surface area contributed by atoms with Crippen molar-refractivity contribution in [3.8, 4) is 0 Å². The van der Waals surface area contributed by atoms with E-state index in [9.17, 15) is 4.79 Å². The normalized spacial score (nSPS) is 10.5. The molecule has 7 heteroatoms. The van der Waals surface area contributed by atoms with Crippen molar-refractivity contribution >= 4 is 34.9 Å². The molecule has 0 spiro atoms. The number of rotatable bonds is 4. The number of carbonyl (C=O) groups is 1. The number of aromatic nitrogens is 2. The molecule has 0 atom stereocenters. The second-order valence-corrected chi connectivity index (χ2v) is 5.59. The number of nitrogens with zero attached hydrogens (tertiary/aromatic N) is 2. The van der Waals surface area contributed by atoms with Crippen LogP contribution in [0.2, 0.25) is 0 Å². The summed E-state index contributed by atoms with van der Waals surface area (Å²) in [5, 5.41) is 0. The van der Waals surface area contributed by atoms with Crippen LogP contribution in [-0.2, 0) is 6.42 Å². The zero-order chi connectivity index (χ0) is 13.1. The van der Waals surface area contributed by atoms with E-state index in [1.165, 1.54) is 23.3 Å². The van der Waals surface area contributed by atoms with Crippen molar-refractivity contribution in [3.05, 3.63) is 29.6 Å². The number of primary amides is 1. The third-order valence-electron chi connectivity index (χ3n) is 2.26. The number of anilines is 1. The number of hydrogen-bond acceptors (Lipinski definition) is 6. The fraction of sp³-hybridized carbons (Fsp3) is 0.182. The Morgan fingerprint density at radius 1 is 1.50 bits per heavy atom. The van der Waals surface area contributed by atoms with Gasteiger partial charge < -0.3 is 11.5 Å². The van der Waals surface area contributed by atoms with Gasteiger partial charge in [0.2, 0.25) is 5.91 Å². The molecule has 2 aromatic rings. The molecule has 0 radical (unpaired) electrons. The molecule has 1 aromatic heterocycles. The molecule has 0 unspecified atom stereocenters. The number of nitrogens with two attached hydrogens (primary N) is 2. The SMILES string of the molecule is CCc1nsc(Sc2ccc(C(N)=O)cc2N)n1. The number of amides is 1. The van der Waals surface area contributed by atoms with Crippen molar-refractivity contribution in [2.75, 3.05) is 5.73 Å². The maximum absolute atomic E-state index is 11.0. The predicted octanol–water partition coefficient (Wildman–Crippen LogP) is 1.93. The Bertz CT molecular complexity index is 582. The molecule has 1 aromatic carbocycles. The van der Waals surface area contributed by atoms with E-state index in [1.807, 2.05) is 6.92 Å². The monoisotopic (exact) mass is 280 g/mol. The van der Waals surface area contributed by atoms with Crippen molar-refractivity contribution in [3.63, 3.8) is 0 Å². The fourth-order valence-corrected chi connectivity index (χ4v) is 2.99. The topological polar surface area (TPSA) is 94.9 Å². The number of carbonyl (C=O) groups excluding carboxylic acids is 1. The average Bonchev–Trinajstić information content (AvgIpc) is 2.79. The van der Waals surface area contributed by atoms with Crippen molar-refractivity contribution in [2.45, 2.75) is 22.6 Å². The molecule has 1 amide bonds. The Kier molecular flexibility index (Phi) is 3.83. The van der Waals surface area contributed by atoms with E-state index in [0.29, 0.717) is 11.3 Å². The molecule has 94 valence electrons. The maximum atomic E-state index is 11.0. The first-order valence-corrected chi connectivity index (χ1v) is 6.89. The quantitative estimate of drug-likeness (QED) is 0.834. The van der Waals surface area contributed by atoms with Gasteiger partial charge >= 0.3 is 0 Å². The summed E-state index contributed by atoms with van der Waals surface area (Å²) in [5.74, 6) is 0.345. The van der Waals surface area contributed by atoms with Crippen LogP contribution in [0.1, 0.15) is 23.1 Å². The second kappa shape index (κ2) is 5.36. The Morgan fingerprint density at radius 3 is 2.83 bits per heavy atom. The van der Waals surface area contributed by atoms with E-state index in [1.54, 1.807) is 18.2 Å². The molecule has 0 saturated heterocycles. The van der Waals surface area contributed by atoms with E-state index in [-0.39, 0.29) is 0 Å². The molecular weight excluding hydrogens is 268 g/mol. The third-order valence-corrected chi connectivity index (χ3v) is 4.14. The van der Waals surface area contributed by atoms with E-state index >= 15 is 0 Å². The minimum Gasteiger partial charge on any atom is -0.398 e. The smallest absolute Gasteiger partial charge is 0.248 e. The number of benzene rings is 1. The van der Waals surface area contributed by atoms with Crippen molar-refractivity contribution < 1.29 is 4.79 Å². The van der Waals surface area contributed by atoms with Crippen molar-refractivity contribution in [2.24, 2.45) is 5.73 Å². The number of nitrogen functional groups attached to an aromatic ring is 1. The van der Waals surface area contributed by atoms with Gasteiger partial charge in [-0.1, -0.05) is 18.7 Å². The molecule has 0 saturated carbocycles. The first-order chi connectivity index (χ1) is 8.60. The lowest BCUT2D eigenvalue weighted by atomic mass is 10.2. The van der Waals surface area contributed by atoms with Gasteiger partial charge in [-0.15, -0.1) is 0 Å². The lowest BCUT2D eigenvalue weighted by Gasteiger charge is -2.04. The summed E-state index contributed by atoms with van der Waals surface area (Å²) in [6, 6.07) is 5.00. The van der Waals surface area contributed by atoms with E-state index in [2.05, 4.69) is 9.36 Å². The van der Waals surface area contributed by atoms with Crippen LogP contribution in [-0.4, -0.2) is 15.3 Å². The molecular formula is C11H12N4OS2. The number of hydrogen-bond donors (Lipinski definition) is 2. The van der Waals surface area contributed by atoms with Crippen LogP contribution in [0.5, 0.6) is 0 Å². The molecule has 5 nitrogen and oxygen atoms in total. The standard InChI is InChI=1S/C11H12N4OS2/c1-2-9-14-11(18-15-9)17-8-4-3-6(10(13)16)5-7(8)12/h3-5H,2,12H2,1H3,(H2,13,16). The van der Waals surface area contributed by atoms with E-state index in [0.717, 1.165) is 21.5 Å². The highest BCUT2D eigenvalue weighted by molar-refractivity contribution is 8.01. The third kappa shape index (κ3) is 2.80. The first kappa shape index (κ1) is 12.8. The highest BCUT2D eigenvalue weighted by Gasteiger charge is 2.09. The molecule has 1 heterocycles. The van der Waals surface area contributed by atoms with Gasteiger partial charge in [0, 0.05) is 22.6 Å². The Labute approximate surface area is 113 Å². The Morgan fingerprint density at radius 2 is 2.28 bits per heavy atom. The summed E-state index contributed by atoms with van der Waals surface area (Å²) < 4.78 is 5.04. The van der Waals surface area contributed by atoms with Gasteiger partial charge in [-0.25, -0.2) is 4.98 Å². The van der Waals surface area contributed by atoms with Crippen LogP contribution in [0.4, 0.5) is 5.69 Å². The molecule has 0 aliphatic carbocycles. The molecule has 0 fully saturated rings. The first-order valence-electron chi connectivity index (χ1n) is 5.30. The van der Waals surface area contributed by atoms with Gasteiger partial charge in [0.15, 0.2) is 4.34 Å². The summed E-state index contributed by atoms with van der Waals surface area (Å²) in [4.78, 5) is 16.2.